The van der Waals surface area contributed by atoms with E-state index in [4.69, 9.17) is 9.84 Å². The average molecular weight is 339 g/mol. The SMILES string of the molecule is CN(C)CCOc1cccc(C(=O)/C=C\c2ccc(C(=O)O)cc2)c1. The summed E-state index contributed by atoms with van der Waals surface area (Å²) >= 11 is 0. The normalized spacial score (nSPS) is 11.0. The van der Waals surface area contributed by atoms with Gasteiger partial charge in [0.15, 0.2) is 5.78 Å². The molecule has 0 aliphatic carbocycles. The molecule has 130 valence electrons. The molecule has 0 bridgehead atoms. The number of rotatable bonds is 8. The quantitative estimate of drug-likeness (QED) is 0.591. The molecule has 0 heterocycles. The number of ketones is 1. The molecule has 5 nitrogen and oxygen atoms in total. The highest BCUT2D eigenvalue weighted by molar-refractivity contribution is 6.07. The number of allylic oxidation sites excluding steroid dienone is 1. The van der Waals surface area contributed by atoms with Crippen LogP contribution in [0.1, 0.15) is 26.3 Å². The molecule has 0 saturated carbocycles. The van der Waals surface area contributed by atoms with E-state index >= 15 is 0 Å². The Kier molecular flexibility index (Phi) is 6.48. The van der Waals surface area contributed by atoms with Gasteiger partial charge in [-0.2, -0.15) is 0 Å². The van der Waals surface area contributed by atoms with Crippen LogP contribution in [0.4, 0.5) is 0 Å². The van der Waals surface area contributed by atoms with E-state index in [1.165, 1.54) is 18.2 Å². The number of carboxylic acids is 1. The molecule has 0 fully saturated rings. The lowest BCUT2D eigenvalue weighted by Gasteiger charge is -2.11. The number of carbonyl (C=O) groups excluding carboxylic acids is 1. The van der Waals surface area contributed by atoms with Gasteiger partial charge in [0.25, 0.3) is 0 Å². The van der Waals surface area contributed by atoms with Crippen molar-refractivity contribution in [2.24, 2.45) is 0 Å². The first-order valence-corrected chi connectivity index (χ1v) is 7.89. The summed E-state index contributed by atoms with van der Waals surface area (Å²) in [6, 6.07) is 13.4. The fourth-order valence-corrected chi connectivity index (χ4v) is 2.09. The molecule has 0 saturated heterocycles. The maximum Gasteiger partial charge on any atom is 0.335 e. The molecule has 0 atom stereocenters. The van der Waals surface area contributed by atoms with Crippen LogP contribution in [0.5, 0.6) is 5.75 Å². The van der Waals surface area contributed by atoms with E-state index in [-0.39, 0.29) is 11.3 Å². The van der Waals surface area contributed by atoms with Crippen molar-refractivity contribution in [1.82, 2.24) is 4.90 Å². The summed E-state index contributed by atoms with van der Waals surface area (Å²) < 4.78 is 5.63. The maximum atomic E-state index is 12.3. The molecule has 0 aromatic heterocycles. The van der Waals surface area contributed by atoms with Gasteiger partial charge in [-0.3, -0.25) is 4.79 Å². The lowest BCUT2D eigenvalue weighted by molar-refractivity contribution is 0.0696. The van der Waals surface area contributed by atoms with Crippen molar-refractivity contribution in [3.05, 3.63) is 71.3 Å². The third-order valence-electron chi connectivity index (χ3n) is 3.51. The Balaban J connectivity index is 2.01. The Morgan fingerprint density at radius 3 is 2.44 bits per heavy atom. The number of carboxylic acid groups (broad SMARTS) is 1. The van der Waals surface area contributed by atoms with E-state index in [0.717, 1.165) is 12.1 Å². The largest absolute Gasteiger partial charge is 0.492 e. The first kappa shape index (κ1) is 18.4. The molecule has 0 unspecified atom stereocenters. The fourth-order valence-electron chi connectivity index (χ4n) is 2.09. The van der Waals surface area contributed by atoms with E-state index < -0.39 is 5.97 Å². The van der Waals surface area contributed by atoms with Gasteiger partial charge < -0.3 is 14.7 Å². The summed E-state index contributed by atoms with van der Waals surface area (Å²) in [7, 11) is 3.94. The molecular formula is C20H21NO4. The average Bonchev–Trinajstić information content (AvgIpc) is 2.60. The van der Waals surface area contributed by atoms with E-state index in [9.17, 15) is 9.59 Å². The predicted octanol–water partition coefficient (Wildman–Crippen LogP) is 3.22. The zero-order chi connectivity index (χ0) is 18.2. The molecule has 0 spiro atoms. The highest BCUT2D eigenvalue weighted by atomic mass is 16.5. The minimum atomic E-state index is -0.974. The number of ether oxygens (including phenoxy) is 1. The minimum Gasteiger partial charge on any atom is -0.492 e. The molecule has 2 aromatic carbocycles. The zero-order valence-electron chi connectivity index (χ0n) is 14.3. The van der Waals surface area contributed by atoms with Gasteiger partial charge in [0.2, 0.25) is 0 Å². The number of nitrogens with zero attached hydrogens (tertiary/aromatic N) is 1. The number of likely N-dealkylation sites (N-methyl/N-ethyl adjacent to an activating group) is 1. The van der Waals surface area contributed by atoms with Crippen molar-refractivity contribution in [3.8, 4) is 5.75 Å². The summed E-state index contributed by atoms with van der Waals surface area (Å²) in [6.07, 6.45) is 3.13. The predicted molar refractivity (Wildman–Crippen MR) is 97.3 cm³/mol. The van der Waals surface area contributed by atoms with Crippen LogP contribution in [-0.4, -0.2) is 49.0 Å². The van der Waals surface area contributed by atoms with Gasteiger partial charge in [-0.05, 0) is 50.0 Å². The van der Waals surface area contributed by atoms with Crippen molar-refractivity contribution < 1.29 is 19.4 Å². The lowest BCUT2D eigenvalue weighted by Crippen LogP contribution is -2.19. The van der Waals surface area contributed by atoms with Gasteiger partial charge in [-0.15, -0.1) is 0 Å². The third kappa shape index (κ3) is 5.90. The second kappa shape index (κ2) is 8.80. The van der Waals surface area contributed by atoms with Crippen LogP contribution in [-0.2, 0) is 0 Å². The Bertz CT molecular complexity index is 764. The summed E-state index contributed by atoms with van der Waals surface area (Å²) in [5.41, 5.74) is 1.52. The van der Waals surface area contributed by atoms with Gasteiger partial charge in [-0.25, -0.2) is 4.79 Å². The molecule has 2 rings (SSSR count). The summed E-state index contributed by atoms with van der Waals surface area (Å²) in [6.45, 7) is 1.35. The molecule has 0 aliphatic heterocycles. The number of carbonyl (C=O) groups is 2. The number of hydrogen-bond donors (Lipinski definition) is 1. The van der Waals surface area contributed by atoms with Crippen LogP contribution in [0.2, 0.25) is 0 Å². The van der Waals surface area contributed by atoms with Crippen molar-refractivity contribution in [1.29, 1.82) is 0 Å². The fraction of sp³-hybridized carbons (Fsp3) is 0.200. The van der Waals surface area contributed by atoms with Crippen LogP contribution in [0.3, 0.4) is 0 Å². The topological polar surface area (TPSA) is 66.8 Å². The Labute approximate surface area is 147 Å². The monoisotopic (exact) mass is 339 g/mol. The molecule has 0 radical (unpaired) electrons. The van der Waals surface area contributed by atoms with Crippen LogP contribution < -0.4 is 4.74 Å². The molecular weight excluding hydrogens is 318 g/mol. The zero-order valence-corrected chi connectivity index (χ0v) is 14.3. The number of aromatic carboxylic acids is 1. The third-order valence-corrected chi connectivity index (χ3v) is 3.51. The van der Waals surface area contributed by atoms with Gasteiger partial charge in [-0.1, -0.05) is 30.3 Å². The van der Waals surface area contributed by atoms with Crippen LogP contribution in [0, 0.1) is 0 Å². The lowest BCUT2D eigenvalue weighted by atomic mass is 10.1. The molecule has 1 N–H and O–H groups in total. The van der Waals surface area contributed by atoms with Crippen molar-refractivity contribution in [2.45, 2.75) is 0 Å². The Morgan fingerprint density at radius 1 is 1.08 bits per heavy atom. The summed E-state index contributed by atoms with van der Waals surface area (Å²) in [4.78, 5) is 25.1. The smallest absolute Gasteiger partial charge is 0.335 e. The molecule has 0 aliphatic rings. The summed E-state index contributed by atoms with van der Waals surface area (Å²) in [5, 5.41) is 8.87. The second-order valence-electron chi connectivity index (χ2n) is 5.80. The van der Waals surface area contributed by atoms with Gasteiger partial charge in [0, 0.05) is 12.1 Å². The highest BCUT2D eigenvalue weighted by Gasteiger charge is 2.05. The standard InChI is InChI=1S/C20H21NO4/c1-21(2)12-13-25-18-5-3-4-17(14-18)19(22)11-8-15-6-9-16(10-7-15)20(23)24/h3-11,14H,12-13H2,1-2H3,(H,23,24)/b11-8-. The van der Waals surface area contributed by atoms with Crippen molar-refractivity contribution in [3.63, 3.8) is 0 Å². The highest BCUT2D eigenvalue weighted by Crippen LogP contribution is 2.15. The van der Waals surface area contributed by atoms with E-state index in [1.54, 1.807) is 36.4 Å². The van der Waals surface area contributed by atoms with Crippen molar-refractivity contribution in [2.75, 3.05) is 27.2 Å². The minimum absolute atomic E-state index is 0.139. The van der Waals surface area contributed by atoms with E-state index in [2.05, 4.69) is 0 Å². The second-order valence-corrected chi connectivity index (χ2v) is 5.80. The molecule has 25 heavy (non-hydrogen) atoms. The van der Waals surface area contributed by atoms with Gasteiger partial charge in [0.05, 0.1) is 5.56 Å². The van der Waals surface area contributed by atoms with Gasteiger partial charge in [0.1, 0.15) is 12.4 Å². The van der Waals surface area contributed by atoms with E-state index in [0.29, 0.717) is 17.9 Å². The van der Waals surface area contributed by atoms with Gasteiger partial charge >= 0.3 is 5.97 Å². The number of benzene rings is 2. The maximum absolute atomic E-state index is 12.3. The Hall–Kier alpha value is -2.92. The molecule has 2 aromatic rings. The summed E-state index contributed by atoms with van der Waals surface area (Å²) in [5.74, 6) is -0.454. The van der Waals surface area contributed by atoms with Crippen molar-refractivity contribution >= 4 is 17.8 Å². The Morgan fingerprint density at radius 2 is 1.80 bits per heavy atom. The first-order chi connectivity index (χ1) is 12.0. The first-order valence-electron chi connectivity index (χ1n) is 7.89. The number of hydrogen-bond acceptors (Lipinski definition) is 4. The molecule has 5 heteroatoms. The van der Waals surface area contributed by atoms with E-state index in [1.807, 2.05) is 25.1 Å². The molecule has 0 amide bonds. The van der Waals surface area contributed by atoms with Crippen LogP contribution >= 0.6 is 0 Å². The van der Waals surface area contributed by atoms with Crippen LogP contribution in [0.25, 0.3) is 6.08 Å². The van der Waals surface area contributed by atoms with Crippen LogP contribution in [0.15, 0.2) is 54.6 Å².